The van der Waals surface area contributed by atoms with E-state index in [1.165, 1.54) is 12.1 Å². The van der Waals surface area contributed by atoms with E-state index in [-0.39, 0.29) is 55.1 Å². The third-order valence-corrected chi connectivity index (χ3v) is 3.15. The average Bonchev–Trinajstić information content (AvgIpc) is 2.46. The number of hydrogen-bond donors (Lipinski definition) is 3. The van der Waals surface area contributed by atoms with Crippen molar-refractivity contribution >= 4 is 24.2 Å². The zero-order valence-corrected chi connectivity index (χ0v) is 13.6. The van der Waals surface area contributed by atoms with Crippen LogP contribution in [0.15, 0.2) is 24.3 Å². The molecule has 1 aromatic carbocycles. The highest BCUT2D eigenvalue weighted by Gasteiger charge is 2.17. The zero-order valence-electron chi connectivity index (χ0n) is 12.8. The monoisotopic (exact) mass is 331 g/mol. The van der Waals surface area contributed by atoms with Crippen molar-refractivity contribution in [2.75, 3.05) is 13.1 Å². The minimum atomic E-state index is -0.371. The van der Waals surface area contributed by atoms with E-state index in [9.17, 15) is 14.0 Å². The van der Waals surface area contributed by atoms with Crippen LogP contribution in [0.4, 0.5) is 4.39 Å². The second-order valence-electron chi connectivity index (χ2n) is 5.23. The molecule has 0 saturated carbocycles. The molecule has 0 aliphatic rings. The highest BCUT2D eigenvalue weighted by atomic mass is 35.5. The molecule has 0 radical (unpaired) electrons. The molecule has 1 atom stereocenters. The third kappa shape index (κ3) is 7.38. The highest BCUT2D eigenvalue weighted by Crippen LogP contribution is 2.11. The Hall–Kier alpha value is -1.66. The molecule has 0 spiro atoms. The lowest BCUT2D eigenvalue weighted by atomic mass is 9.96. The van der Waals surface area contributed by atoms with E-state index in [4.69, 9.17) is 5.73 Å². The lowest BCUT2D eigenvalue weighted by Gasteiger charge is -2.22. The molecule has 2 amide bonds. The van der Waals surface area contributed by atoms with Crippen molar-refractivity contribution in [3.05, 3.63) is 35.6 Å². The predicted molar refractivity (Wildman–Crippen MR) is 86.2 cm³/mol. The Morgan fingerprint density at radius 3 is 2.27 bits per heavy atom. The van der Waals surface area contributed by atoms with Crippen LogP contribution in [0.3, 0.4) is 0 Å². The number of benzene rings is 1. The van der Waals surface area contributed by atoms with Crippen LogP contribution in [0.1, 0.15) is 19.4 Å². The van der Waals surface area contributed by atoms with Gasteiger partial charge in [0.15, 0.2) is 0 Å². The third-order valence-electron chi connectivity index (χ3n) is 3.15. The number of nitrogens with two attached hydrogens (primary N) is 1. The lowest BCUT2D eigenvalue weighted by molar-refractivity contribution is -0.125. The smallest absolute Gasteiger partial charge is 0.239 e. The molecular formula is C15H23ClFN3O2. The summed E-state index contributed by atoms with van der Waals surface area (Å²) in [6.07, 6.45) is 0.606. The fourth-order valence-corrected chi connectivity index (χ4v) is 1.84. The first-order valence-corrected chi connectivity index (χ1v) is 6.93. The van der Waals surface area contributed by atoms with Crippen LogP contribution in [-0.4, -0.2) is 30.9 Å². The summed E-state index contributed by atoms with van der Waals surface area (Å²) in [5.74, 6) is -0.708. The van der Waals surface area contributed by atoms with E-state index in [0.717, 1.165) is 5.56 Å². The van der Waals surface area contributed by atoms with Gasteiger partial charge in [0.2, 0.25) is 11.8 Å². The molecule has 0 aliphatic carbocycles. The van der Waals surface area contributed by atoms with Crippen LogP contribution < -0.4 is 16.4 Å². The molecule has 0 saturated heterocycles. The topological polar surface area (TPSA) is 84.2 Å². The van der Waals surface area contributed by atoms with E-state index in [1.54, 1.807) is 12.1 Å². The minimum Gasteiger partial charge on any atom is -0.351 e. The molecule has 4 N–H and O–H groups in total. The molecular weight excluding hydrogens is 309 g/mol. The Kier molecular flexibility index (Phi) is 9.37. The van der Waals surface area contributed by atoms with E-state index in [0.29, 0.717) is 6.42 Å². The van der Waals surface area contributed by atoms with Crippen LogP contribution in [0.25, 0.3) is 0 Å². The molecule has 1 rings (SSSR count). The summed E-state index contributed by atoms with van der Waals surface area (Å²) >= 11 is 0. The van der Waals surface area contributed by atoms with Gasteiger partial charge in [-0.05, 0) is 30.0 Å². The van der Waals surface area contributed by atoms with E-state index < -0.39 is 0 Å². The number of carbonyl (C=O) groups is 2. The molecule has 0 fully saturated rings. The first kappa shape index (κ1) is 20.3. The summed E-state index contributed by atoms with van der Waals surface area (Å²) in [4.78, 5) is 22.8. The zero-order chi connectivity index (χ0) is 15.8. The van der Waals surface area contributed by atoms with Gasteiger partial charge >= 0.3 is 0 Å². The molecule has 5 nitrogen and oxygen atoms in total. The molecule has 1 unspecified atom stereocenters. The molecule has 0 heterocycles. The van der Waals surface area contributed by atoms with Crippen LogP contribution in [0, 0.1) is 11.7 Å². The Morgan fingerprint density at radius 1 is 1.18 bits per heavy atom. The highest BCUT2D eigenvalue weighted by molar-refractivity contribution is 5.85. The quantitative estimate of drug-likeness (QED) is 0.697. The standard InChI is InChI=1S/C15H22FN3O2.ClH/c1-10(2)13(7-11-3-5-12(16)6-4-11)19-15(21)9-18-14(20)8-17;/h3-6,10,13H,7-9,17H2,1-2H3,(H,18,20)(H,19,21);1H. The molecule has 0 aromatic heterocycles. The normalized spacial score (nSPS) is 11.5. The molecule has 0 bridgehead atoms. The van der Waals surface area contributed by atoms with Crippen molar-refractivity contribution in [3.63, 3.8) is 0 Å². The van der Waals surface area contributed by atoms with Gasteiger partial charge in [0.25, 0.3) is 0 Å². The maximum Gasteiger partial charge on any atom is 0.239 e. The lowest BCUT2D eigenvalue weighted by Crippen LogP contribution is -2.46. The molecule has 124 valence electrons. The van der Waals surface area contributed by atoms with Gasteiger partial charge in [-0.3, -0.25) is 9.59 Å². The number of rotatable bonds is 7. The van der Waals surface area contributed by atoms with Crippen LogP contribution in [0.2, 0.25) is 0 Å². The molecule has 0 aliphatic heterocycles. The fraction of sp³-hybridized carbons (Fsp3) is 0.467. The summed E-state index contributed by atoms with van der Waals surface area (Å²) in [7, 11) is 0. The van der Waals surface area contributed by atoms with Crippen LogP contribution in [-0.2, 0) is 16.0 Å². The van der Waals surface area contributed by atoms with Gasteiger partial charge in [0.05, 0.1) is 13.1 Å². The molecule has 7 heteroatoms. The average molecular weight is 332 g/mol. The van der Waals surface area contributed by atoms with Crippen molar-refractivity contribution in [1.29, 1.82) is 0 Å². The maximum absolute atomic E-state index is 12.9. The van der Waals surface area contributed by atoms with Gasteiger partial charge in [-0.1, -0.05) is 26.0 Å². The number of hydrogen-bond acceptors (Lipinski definition) is 3. The van der Waals surface area contributed by atoms with Gasteiger partial charge in [0, 0.05) is 6.04 Å². The summed E-state index contributed by atoms with van der Waals surface area (Å²) in [6.45, 7) is 3.75. The Labute approximate surface area is 136 Å². The SMILES string of the molecule is CC(C)C(Cc1ccc(F)cc1)NC(=O)CNC(=O)CN.Cl. The Morgan fingerprint density at radius 2 is 1.77 bits per heavy atom. The van der Waals surface area contributed by atoms with Gasteiger partial charge in [0.1, 0.15) is 5.82 Å². The van der Waals surface area contributed by atoms with Crippen LogP contribution in [0.5, 0.6) is 0 Å². The van der Waals surface area contributed by atoms with Gasteiger partial charge in [-0.25, -0.2) is 4.39 Å². The van der Waals surface area contributed by atoms with Gasteiger partial charge in [-0.2, -0.15) is 0 Å². The van der Waals surface area contributed by atoms with Gasteiger partial charge < -0.3 is 16.4 Å². The van der Waals surface area contributed by atoms with Gasteiger partial charge in [-0.15, -0.1) is 12.4 Å². The largest absolute Gasteiger partial charge is 0.351 e. The van der Waals surface area contributed by atoms with Crippen LogP contribution >= 0.6 is 12.4 Å². The number of carbonyl (C=O) groups excluding carboxylic acids is 2. The van der Waals surface area contributed by atoms with E-state index in [2.05, 4.69) is 10.6 Å². The molecule has 1 aromatic rings. The van der Waals surface area contributed by atoms with Crippen molar-refractivity contribution in [1.82, 2.24) is 10.6 Å². The predicted octanol–water partition coefficient (Wildman–Crippen LogP) is 1.01. The number of amides is 2. The summed E-state index contributed by atoms with van der Waals surface area (Å²) in [5.41, 5.74) is 6.09. The Bertz CT molecular complexity index is 480. The number of nitrogens with one attached hydrogen (secondary N) is 2. The maximum atomic E-state index is 12.9. The second kappa shape index (κ2) is 10.1. The van der Waals surface area contributed by atoms with Crippen molar-refractivity contribution in [2.45, 2.75) is 26.3 Å². The fourth-order valence-electron chi connectivity index (χ4n) is 1.84. The first-order chi connectivity index (χ1) is 9.92. The Balaban J connectivity index is 0.00000441. The van der Waals surface area contributed by atoms with E-state index in [1.807, 2.05) is 13.8 Å². The summed E-state index contributed by atoms with van der Waals surface area (Å²) in [6, 6.07) is 6.12. The second-order valence-corrected chi connectivity index (χ2v) is 5.23. The van der Waals surface area contributed by atoms with Crippen molar-refractivity contribution in [2.24, 2.45) is 11.7 Å². The number of halogens is 2. The van der Waals surface area contributed by atoms with E-state index >= 15 is 0 Å². The summed E-state index contributed by atoms with van der Waals surface area (Å²) < 4.78 is 12.9. The van der Waals surface area contributed by atoms with Crippen molar-refractivity contribution < 1.29 is 14.0 Å². The minimum absolute atomic E-state index is 0. The first-order valence-electron chi connectivity index (χ1n) is 6.93. The van der Waals surface area contributed by atoms with Crippen molar-refractivity contribution in [3.8, 4) is 0 Å². The summed E-state index contributed by atoms with van der Waals surface area (Å²) in [5, 5.41) is 5.29. The molecule has 22 heavy (non-hydrogen) atoms.